The SMILES string of the molecule is COc1cc(Cl)c(C)cc1NC(=O)[C@@H](C)N[C@@H](C)c1ccccc1. The molecule has 2 atom stereocenters. The summed E-state index contributed by atoms with van der Waals surface area (Å²) in [7, 11) is 1.55. The molecule has 0 unspecified atom stereocenters. The third-order valence-electron chi connectivity index (χ3n) is 3.93. The van der Waals surface area contributed by atoms with Gasteiger partial charge in [0.05, 0.1) is 18.8 Å². The van der Waals surface area contributed by atoms with Crippen LogP contribution in [0.5, 0.6) is 5.75 Å². The van der Waals surface area contributed by atoms with Crippen molar-refractivity contribution >= 4 is 23.2 Å². The van der Waals surface area contributed by atoms with E-state index in [2.05, 4.69) is 10.6 Å². The van der Waals surface area contributed by atoms with Crippen LogP contribution in [-0.2, 0) is 4.79 Å². The summed E-state index contributed by atoms with van der Waals surface area (Å²) >= 11 is 6.10. The Hall–Kier alpha value is -2.04. The summed E-state index contributed by atoms with van der Waals surface area (Å²) in [4.78, 5) is 12.5. The highest BCUT2D eigenvalue weighted by molar-refractivity contribution is 6.31. The number of nitrogens with one attached hydrogen (secondary N) is 2. The van der Waals surface area contributed by atoms with Crippen LogP contribution in [0.15, 0.2) is 42.5 Å². The number of aryl methyl sites for hydroxylation is 1. The molecule has 0 saturated heterocycles. The number of hydrogen-bond donors (Lipinski definition) is 2. The van der Waals surface area contributed by atoms with E-state index in [1.165, 1.54) is 0 Å². The van der Waals surface area contributed by atoms with Crippen molar-refractivity contribution in [1.29, 1.82) is 0 Å². The zero-order valence-corrected chi connectivity index (χ0v) is 15.1. The second-order valence-electron chi connectivity index (χ2n) is 5.81. The second-order valence-corrected chi connectivity index (χ2v) is 6.22. The molecule has 0 aliphatic heterocycles. The van der Waals surface area contributed by atoms with Crippen molar-refractivity contribution < 1.29 is 9.53 Å². The quantitative estimate of drug-likeness (QED) is 0.818. The van der Waals surface area contributed by atoms with Gasteiger partial charge in [0.2, 0.25) is 5.91 Å². The maximum Gasteiger partial charge on any atom is 0.241 e. The predicted octanol–water partition coefficient (Wildman–Crippen LogP) is 4.33. The first kappa shape index (κ1) is 18.3. The molecule has 5 heteroatoms. The van der Waals surface area contributed by atoms with Gasteiger partial charge >= 0.3 is 0 Å². The molecule has 0 aromatic heterocycles. The number of carbonyl (C=O) groups is 1. The number of rotatable bonds is 6. The Morgan fingerprint density at radius 3 is 2.46 bits per heavy atom. The fourth-order valence-electron chi connectivity index (χ4n) is 2.46. The molecule has 0 fully saturated rings. The third kappa shape index (κ3) is 4.49. The fraction of sp³-hybridized carbons (Fsp3) is 0.316. The highest BCUT2D eigenvalue weighted by Crippen LogP contribution is 2.31. The lowest BCUT2D eigenvalue weighted by molar-refractivity contribution is -0.117. The second kappa shape index (κ2) is 8.18. The van der Waals surface area contributed by atoms with Crippen LogP contribution < -0.4 is 15.4 Å². The molecular formula is C19H23ClN2O2. The van der Waals surface area contributed by atoms with E-state index in [-0.39, 0.29) is 18.0 Å². The number of ether oxygens (including phenoxy) is 1. The Morgan fingerprint density at radius 1 is 1.17 bits per heavy atom. The van der Waals surface area contributed by atoms with Gasteiger partial charge in [-0.2, -0.15) is 0 Å². The molecule has 128 valence electrons. The summed E-state index contributed by atoms with van der Waals surface area (Å²) in [5.41, 5.74) is 2.63. The van der Waals surface area contributed by atoms with E-state index >= 15 is 0 Å². The molecular weight excluding hydrogens is 324 g/mol. The molecule has 0 aliphatic carbocycles. The molecule has 2 aromatic rings. The number of benzene rings is 2. The molecule has 0 bridgehead atoms. The monoisotopic (exact) mass is 346 g/mol. The van der Waals surface area contributed by atoms with Crippen LogP contribution in [0.25, 0.3) is 0 Å². The molecule has 0 spiro atoms. The number of carbonyl (C=O) groups excluding carboxylic acids is 1. The minimum absolute atomic E-state index is 0.0702. The molecule has 2 N–H and O–H groups in total. The first-order chi connectivity index (χ1) is 11.4. The average molecular weight is 347 g/mol. The standard InChI is InChI=1S/C19H23ClN2O2/c1-12-10-17(18(24-4)11-16(12)20)22-19(23)14(3)21-13(2)15-8-6-5-7-9-15/h5-11,13-14,21H,1-4H3,(H,22,23)/t13-,14+/m0/s1. The zero-order chi connectivity index (χ0) is 17.7. The fourth-order valence-corrected chi connectivity index (χ4v) is 2.61. The number of amides is 1. The summed E-state index contributed by atoms with van der Waals surface area (Å²) in [5, 5.41) is 6.81. The average Bonchev–Trinajstić information content (AvgIpc) is 2.58. The first-order valence-corrected chi connectivity index (χ1v) is 8.26. The van der Waals surface area contributed by atoms with Crippen molar-refractivity contribution in [3.63, 3.8) is 0 Å². The van der Waals surface area contributed by atoms with E-state index in [1.807, 2.05) is 57.2 Å². The normalized spacial score (nSPS) is 13.2. The van der Waals surface area contributed by atoms with Gasteiger partial charge in [0.15, 0.2) is 0 Å². The van der Waals surface area contributed by atoms with E-state index in [0.717, 1.165) is 11.1 Å². The van der Waals surface area contributed by atoms with Crippen molar-refractivity contribution in [2.75, 3.05) is 12.4 Å². The van der Waals surface area contributed by atoms with Crippen molar-refractivity contribution in [1.82, 2.24) is 5.32 Å². The van der Waals surface area contributed by atoms with Crippen LogP contribution in [0, 0.1) is 6.92 Å². The minimum atomic E-state index is -0.360. The number of halogens is 1. The summed E-state index contributed by atoms with van der Waals surface area (Å²) in [6.45, 7) is 5.76. The number of anilines is 1. The van der Waals surface area contributed by atoms with E-state index < -0.39 is 0 Å². The molecule has 0 radical (unpaired) electrons. The minimum Gasteiger partial charge on any atom is -0.495 e. The van der Waals surface area contributed by atoms with Crippen molar-refractivity contribution in [3.05, 3.63) is 58.6 Å². The van der Waals surface area contributed by atoms with Gasteiger partial charge < -0.3 is 10.1 Å². The maximum atomic E-state index is 12.5. The third-order valence-corrected chi connectivity index (χ3v) is 4.34. The molecule has 0 heterocycles. The van der Waals surface area contributed by atoms with Crippen LogP contribution in [0.1, 0.15) is 31.0 Å². The Balaban J connectivity index is 2.05. The van der Waals surface area contributed by atoms with Crippen LogP contribution in [-0.4, -0.2) is 19.1 Å². The van der Waals surface area contributed by atoms with Gasteiger partial charge in [-0.15, -0.1) is 0 Å². The van der Waals surface area contributed by atoms with Gasteiger partial charge in [0, 0.05) is 17.1 Å². The number of methoxy groups -OCH3 is 1. The summed E-state index contributed by atoms with van der Waals surface area (Å²) in [6, 6.07) is 13.2. The Bertz CT molecular complexity index is 704. The topological polar surface area (TPSA) is 50.4 Å². The summed E-state index contributed by atoms with van der Waals surface area (Å²) in [6.07, 6.45) is 0. The number of hydrogen-bond acceptors (Lipinski definition) is 3. The first-order valence-electron chi connectivity index (χ1n) is 7.88. The molecule has 1 amide bonds. The van der Waals surface area contributed by atoms with Crippen molar-refractivity contribution in [2.45, 2.75) is 32.9 Å². The molecule has 2 rings (SSSR count). The zero-order valence-electron chi connectivity index (χ0n) is 14.4. The lowest BCUT2D eigenvalue weighted by atomic mass is 10.1. The Morgan fingerprint density at radius 2 is 1.83 bits per heavy atom. The molecule has 4 nitrogen and oxygen atoms in total. The molecule has 2 aromatic carbocycles. The van der Waals surface area contributed by atoms with Gasteiger partial charge in [-0.1, -0.05) is 41.9 Å². The van der Waals surface area contributed by atoms with Gasteiger partial charge in [-0.05, 0) is 38.0 Å². The molecule has 24 heavy (non-hydrogen) atoms. The van der Waals surface area contributed by atoms with E-state index in [4.69, 9.17) is 16.3 Å². The lowest BCUT2D eigenvalue weighted by Crippen LogP contribution is -2.39. The van der Waals surface area contributed by atoms with Gasteiger partial charge in [0.1, 0.15) is 5.75 Å². The van der Waals surface area contributed by atoms with E-state index in [9.17, 15) is 4.79 Å². The van der Waals surface area contributed by atoms with Gasteiger partial charge in [-0.3, -0.25) is 10.1 Å². The Kier molecular flexibility index (Phi) is 6.23. The molecule has 0 aliphatic rings. The highest BCUT2D eigenvalue weighted by atomic mass is 35.5. The van der Waals surface area contributed by atoms with Crippen LogP contribution in [0.4, 0.5) is 5.69 Å². The van der Waals surface area contributed by atoms with Gasteiger partial charge in [-0.25, -0.2) is 0 Å². The van der Waals surface area contributed by atoms with E-state index in [1.54, 1.807) is 13.2 Å². The van der Waals surface area contributed by atoms with Crippen LogP contribution in [0.3, 0.4) is 0 Å². The van der Waals surface area contributed by atoms with Crippen molar-refractivity contribution in [3.8, 4) is 5.75 Å². The summed E-state index contributed by atoms with van der Waals surface area (Å²) in [5.74, 6) is 0.417. The van der Waals surface area contributed by atoms with Crippen LogP contribution >= 0.6 is 11.6 Å². The molecule has 0 saturated carbocycles. The Labute approximate surface area is 148 Å². The maximum absolute atomic E-state index is 12.5. The van der Waals surface area contributed by atoms with Gasteiger partial charge in [0.25, 0.3) is 0 Å². The largest absolute Gasteiger partial charge is 0.495 e. The van der Waals surface area contributed by atoms with Crippen LogP contribution in [0.2, 0.25) is 5.02 Å². The van der Waals surface area contributed by atoms with Crippen molar-refractivity contribution in [2.24, 2.45) is 0 Å². The predicted molar refractivity (Wildman–Crippen MR) is 98.8 cm³/mol. The smallest absolute Gasteiger partial charge is 0.241 e. The lowest BCUT2D eigenvalue weighted by Gasteiger charge is -2.21. The summed E-state index contributed by atoms with van der Waals surface area (Å²) < 4.78 is 5.29. The highest BCUT2D eigenvalue weighted by Gasteiger charge is 2.18. The van der Waals surface area contributed by atoms with E-state index in [0.29, 0.717) is 16.5 Å².